The maximum Gasteiger partial charge on any atom is 0.338 e. The van der Waals surface area contributed by atoms with Crippen LogP contribution in [-0.2, 0) is 4.74 Å². The molecule has 0 radical (unpaired) electrons. The lowest BCUT2D eigenvalue weighted by molar-refractivity contribution is -0.0266. The van der Waals surface area contributed by atoms with Gasteiger partial charge in [0.15, 0.2) is 0 Å². The number of aliphatic hydroxyl groups is 1. The summed E-state index contributed by atoms with van der Waals surface area (Å²) < 4.78 is 10.7. The Morgan fingerprint density at radius 2 is 1.74 bits per heavy atom. The van der Waals surface area contributed by atoms with Crippen molar-refractivity contribution in [1.82, 2.24) is 5.32 Å². The molecule has 0 aromatic heterocycles. The number of hydrogen-bond acceptors (Lipinski definition) is 5. The van der Waals surface area contributed by atoms with E-state index in [1.165, 1.54) is 38.5 Å². The highest BCUT2D eigenvalue weighted by atomic mass is 16.5. The summed E-state index contributed by atoms with van der Waals surface area (Å²) in [6, 6.07) is 6.86. The van der Waals surface area contributed by atoms with Crippen LogP contribution in [0.4, 0.5) is 0 Å². The highest BCUT2D eigenvalue weighted by molar-refractivity contribution is 5.89. The zero-order valence-electron chi connectivity index (χ0n) is 16.2. The highest BCUT2D eigenvalue weighted by Gasteiger charge is 2.50. The second kappa shape index (κ2) is 7.80. The summed E-state index contributed by atoms with van der Waals surface area (Å²) in [5, 5.41) is 14.1. The molecule has 0 aliphatic heterocycles. The molecular weight excluding hydrogens is 342 g/mol. The van der Waals surface area contributed by atoms with Crippen LogP contribution >= 0.6 is 0 Å². The Morgan fingerprint density at radius 3 is 2.30 bits per heavy atom. The molecule has 4 fully saturated rings. The van der Waals surface area contributed by atoms with Crippen molar-refractivity contribution in [3.8, 4) is 5.75 Å². The van der Waals surface area contributed by atoms with E-state index in [0.29, 0.717) is 24.5 Å². The van der Waals surface area contributed by atoms with Gasteiger partial charge in [0.25, 0.3) is 0 Å². The number of aliphatic hydroxyl groups excluding tert-OH is 1. The van der Waals surface area contributed by atoms with E-state index < -0.39 is 6.10 Å². The fourth-order valence-corrected chi connectivity index (χ4v) is 5.81. The van der Waals surface area contributed by atoms with E-state index in [4.69, 9.17) is 9.47 Å². The van der Waals surface area contributed by atoms with Gasteiger partial charge in [-0.2, -0.15) is 0 Å². The first-order chi connectivity index (χ1) is 13.0. The second-order valence-corrected chi connectivity index (χ2v) is 8.79. The number of hydrogen-bond donors (Lipinski definition) is 2. The van der Waals surface area contributed by atoms with Crippen molar-refractivity contribution in [2.24, 2.45) is 17.8 Å². The van der Waals surface area contributed by atoms with Gasteiger partial charge in [0.1, 0.15) is 18.5 Å². The van der Waals surface area contributed by atoms with E-state index >= 15 is 0 Å². The Balaban J connectivity index is 1.23. The molecule has 4 saturated carbocycles. The zero-order chi connectivity index (χ0) is 18.9. The molecule has 0 saturated heterocycles. The molecule has 4 bridgehead atoms. The third kappa shape index (κ3) is 4.30. The third-order valence-electron chi connectivity index (χ3n) is 6.56. The van der Waals surface area contributed by atoms with Gasteiger partial charge in [0, 0.05) is 12.1 Å². The van der Waals surface area contributed by atoms with E-state index in [0.717, 1.165) is 17.8 Å². The van der Waals surface area contributed by atoms with Crippen molar-refractivity contribution >= 4 is 5.97 Å². The van der Waals surface area contributed by atoms with Gasteiger partial charge in [-0.05, 0) is 87.5 Å². The molecule has 0 spiro atoms. The maximum atomic E-state index is 11.7. The number of carbonyl (C=O) groups excluding carboxylic acids is 1. The van der Waals surface area contributed by atoms with Gasteiger partial charge >= 0.3 is 5.97 Å². The topological polar surface area (TPSA) is 67.8 Å². The van der Waals surface area contributed by atoms with Gasteiger partial charge in [-0.15, -0.1) is 0 Å². The predicted molar refractivity (Wildman–Crippen MR) is 103 cm³/mol. The van der Waals surface area contributed by atoms with Crippen LogP contribution in [0.2, 0.25) is 0 Å². The largest absolute Gasteiger partial charge is 0.491 e. The van der Waals surface area contributed by atoms with E-state index in [2.05, 4.69) is 5.32 Å². The lowest BCUT2D eigenvalue weighted by Gasteiger charge is -2.57. The first-order valence-electron chi connectivity index (χ1n) is 10.4. The van der Waals surface area contributed by atoms with Crippen LogP contribution in [0.25, 0.3) is 0 Å². The Morgan fingerprint density at radius 1 is 1.15 bits per heavy atom. The maximum absolute atomic E-state index is 11.7. The number of rotatable bonds is 8. The van der Waals surface area contributed by atoms with Crippen LogP contribution in [0.3, 0.4) is 0 Å². The SMILES string of the molecule is CCOC(=O)c1ccc(OCC(O)CNC23CC4CC(CC(C4)C2)C3)cc1. The van der Waals surface area contributed by atoms with Gasteiger partial charge in [0.2, 0.25) is 0 Å². The molecule has 5 rings (SSSR count). The Labute approximate surface area is 161 Å². The van der Waals surface area contributed by atoms with Gasteiger partial charge in [-0.3, -0.25) is 0 Å². The molecule has 0 amide bonds. The van der Waals surface area contributed by atoms with Crippen LogP contribution in [0.1, 0.15) is 55.8 Å². The minimum Gasteiger partial charge on any atom is -0.491 e. The standard InChI is InChI=1S/C22H31NO4/c1-2-26-21(25)18-3-5-20(6-4-18)27-14-19(24)13-23-22-10-15-7-16(11-22)9-17(8-15)12-22/h3-6,15-17,19,23-24H,2,7-14H2,1H3. The lowest BCUT2D eigenvalue weighted by Crippen LogP contribution is -2.59. The molecule has 4 aliphatic rings. The summed E-state index contributed by atoms with van der Waals surface area (Å²) in [5.74, 6) is 3.01. The van der Waals surface area contributed by atoms with Crippen LogP contribution in [0.15, 0.2) is 24.3 Å². The molecule has 1 unspecified atom stereocenters. The Kier molecular flexibility index (Phi) is 5.42. The van der Waals surface area contributed by atoms with Crippen LogP contribution in [0.5, 0.6) is 5.75 Å². The van der Waals surface area contributed by atoms with Crippen molar-refractivity contribution < 1.29 is 19.4 Å². The van der Waals surface area contributed by atoms with Crippen LogP contribution < -0.4 is 10.1 Å². The Hall–Kier alpha value is -1.59. The summed E-state index contributed by atoms with van der Waals surface area (Å²) in [6.45, 7) is 2.97. The second-order valence-electron chi connectivity index (χ2n) is 8.79. The van der Waals surface area contributed by atoms with Crippen LogP contribution in [0, 0.1) is 17.8 Å². The van der Waals surface area contributed by atoms with Crippen molar-refractivity contribution in [2.45, 2.75) is 57.1 Å². The smallest absolute Gasteiger partial charge is 0.338 e. The molecular formula is C22H31NO4. The van der Waals surface area contributed by atoms with Crippen molar-refractivity contribution in [1.29, 1.82) is 0 Å². The molecule has 148 valence electrons. The number of carbonyl (C=O) groups is 1. The molecule has 27 heavy (non-hydrogen) atoms. The number of esters is 1. The predicted octanol–water partition coefficient (Wildman–Crippen LogP) is 3.16. The summed E-state index contributed by atoms with van der Waals surface area (Å²) >= 11 is 0. The van der Waals surface area contributed by atoms with E-state index in [-0.39, 0.29) is 18.1 Å². The minimum atomic E-state index is -0.539. The van der Waals surface area contributed by atoms with E-state index in [1.807, 2.05) is 0 Å². The summed E-state index contributed by atoms with van der Waals surface area (Å²) in [6.07, 6.45) is 7.57. The summed E-state index contributed by atoms with van der Waals surface area (Å²) in [5.41, 5.74) is 0.769. The third-order valence-corrected chi connectivity index (χ3v) is 6.56. The molecule has 2 N–H and O–H groups in total. The molecule has 1 aromatic carbocycles. The Bertz CT molecular complexity index is 621. The minimum absolute atomic E-state index is 0.248. The van der Waals surface area contributed by atoms with Gasteiger partial charge in [-0.25, -0.2) is 4.79 Å². The quantitative estimate of drug-likeness (QED) is 0.685. The molecule has 5 nitrogen and oxygen atoms in total. The zero-order valence-corrected chi connectivity index (χ0v) is 16.2. The molecule has 5 heteroatoms. The average molecular weight is 373 g/mol. The van der Waals surface area contributed by atoms with Crippen molar-refractivity contribution in [3.63, 3.8) is 0 Å². The monoisotopic (exact) mass is 373 g/mol. The normalized spacial score (nSPS) is 32.3. The fourth-order valence-electron chi connectivity index (χ4n) is 5.81. The van der Waals surface area contributed by atoms with Crippen molar-refractivity contribution in [3.05, 3.63) is 29.8 Å². The van der Waals surface area contributed by atoms with Crippen molar-refractivity contribution in [2.75, 3.05) is 19.8 Å². The van der Waals surface area contributed by atoms with E-state index in [1.54, 1.807) is 31.2 Å². The molecule has 4 aliphatic carbocycles. The van der Waals surface area contributed by atoms with Crippen LogP contribution in [-0.4, -0.2) is 42.5 Å². The summed E-state index contributed by atoms with van der Waals surface area (Å²) in [4.78, 5) is 11.7. The van der Waals surface area contributed by atoms with Gasteiger partial charge < -0.3 is 19.9 Å². The highest BCUT2D eigenvalue weighted by Crippen LogP contribution is 2.55. The molecule has 1 atom stereocenters. The molecule has 1 aromatic rings. The molecule has 0 heterocycles. The fraction of sp³-hybridized carbons (Fsp3) is 0.682. The number of ether oxygens (including phenoxy) is 2. The summed E-state index contributed by atoms with van der Waals surface area (Å²) in [7, 11) is 0. The van der Waals surface area contributed by atoms with Gasteiger partial charge in [-0.1, -0.05) is 0 Å². The number of β-amino-alcohol motifs (C(OH)–C–C–N with tert-alkyl or cyclic N) is 1. The number of benzene rings is 1. The van der Waals surface area contributed by atoms with E-state index in [9.17, 15) is 9.90 Å². The van der Waals surface area contributed by atoms with Gasteiger partial charge in [0.05, 0.1) is 12.2 Å². The number of nitrogens with one attached hydrogen (secondary N) is 1. The lowest BCUT2D eigenvalue weighted by atomic mass is 9.53. The average Bonchev–Trinajstić information content (AvgIpc) is 2.64. The first kappa shape index (κ1) is 18.8. The first-order valence-corrected chi connectivity index (χ1v) is 10.4.